The number of carbonyl (C=O) groups excluding carboxylic acids is 1. The Morgan fingerprint density at radius 1 is 1.25 bits per heavy atom. The minimum atomic E-state index is -4.33. The fourth-order valence-corrected chi connectivity index (χ4v) is 2.94. The summed E-state index contributed by atoms with van der Waals surface area (Å²) in [7, 11) is 0. The molecule has 1 saturated carbocycles. The van der Waals surface area contributed by atoms with Gasteiger partial charge in [0.25, 0.3) is 0 Å². The molecular weight excluding hydrogens is 319 g/mol. The van der Waals surface area contributed by atoms with E-state index in [0.717, 1.165) is 34.8 Å². The fourth-order valence-electron chi connectivity index (χ4n) is 2.94. The number of amides is 1. The summed E-state index contributed by atoms with van der Waals surface area (Å²) in [6.45, 7) is 4.09. The van der Waals surface area contributed by atoms with Crippen molar-refractivity contribution in [2.24, 2.45) is 5.92 Å². The van der Waals surface area contributed by atoms with Crippen LogP contribution in [0.2, 0.25) is 0 Å². The highest BCUT2D eigenvalue weighted by atomic mass is 19.4. The van der Waals surface area contributed by atoms with E-state index in [1.807, 2.05) is 19.9 Å². The first-order valence-electron chi connectivity index (χ1n) is 7.76. The Labute approximate surface area is 137 Å². The third-order valence-corrected chi connectivity index (χ3v) is 4.39. The van der Waals surface area contributed by atoms with Crippen molar-refractivity contribution in [3.05, 3.63) is 58.5 Å². The fraction of sp³-hybridized carbons (Fsp3) is 0.389. The summed E-state index contributed by atoms with van der Waals surface area (Å²) in [6.07, 6.45) is -3.67. The number of rotatable bonds is 4. The average molecular weight is 337 g/mol. The molecule has 2 atom stereocenters. The lowest BCUT2D eigenvalue weighted by atomic mass is 10.1. The van der Waals surface area contributed by atoms with E-state index < -0.39 is 11.7 Å². The molecule has 1 aliphatic rings. The van der Waals surface area contributed by atoms with Crippen molar-refractivity contribution in [3.8, 4) is 0 Å². The molecule has 0 spiro atoms. The number of halogens is 3. The smallest absolute Gasteiger partial charge is 0.416 e. The van der Waals surface area contributed by atoms with Crippen LogP contribution in [-0.2, 0) is 17.5 Å². The maximum atomic E-state index is 12.6. The van der Waals surface area contributed by atoms with Gasteiger partial charge in [-0.1, -0.05) is 12.1 Å². The van der Waals surface area contributed by atoms with E-state index in [0.29, 0.717) is 13.0 Å². The Kier molecular flexibility index (Phi) is 4.15. The number of furan rings is 1. The minimum absolute atomic E-state index is 0.000494. The molecule has 1 aromatic heterocycles. The molecule has 3 nitrogen and oxygen atoms in total. The normalized spacial score (nSPS) is 20.0. The molecule has 1 fully saturated rings. The molecule has 2 aromatic rings. The third kappa shape index (κ3) is 3.47. The van der Waals surface area contributed by atoms with Gasteiger partial charge in [-0.3, -0.25) is 4.79 Å². The standard InChI is InChI=1S/C18H18F3NO2/c1-10-7-13(11(2)24-10)9-22-17(23)16-8-15(16)12-3-5-14(6-4-12)18(19,20)21/h3-7,15-16H,8-9H2,1-2H3,(H,22,23). The second-order valence-electron chi connectivity index (χ2n) is 6.22. The Bertz CT molecular complexity index is 747. The SMILES string of the molecule is Cc1cc(CNC(=O)C2CC2c2ccc(C(F)(F)F)cc2)c(C)o1. The van der Waals surface area contributed by atoms with E-state index in [1.54, 1.807) is 0 Å². The largest absolute Gasteiger partial charge is 0.466 e. The quantitative estimate of drug-likeness (QED) is 0.902. The molecule has 1 N–H and O–H groups in total. The number of alkyl halides is 3. The van der Waals surface area contributed by atoms with Gasteiger partial charge in [-0.25, -0.2) is 0 Å². The summed E-state index contributed by atoms with van der Waals surface area (Å²) in [6, 6.07) is 6.95. The van der Waals surface area contributed by atoms with Gasteiger partial charge < -0.3 is 9.73 Å². The van der Waals surface area contributed by atoms with Crippen LogP contribution in [0.1, 0.15) is 40.5 Å². The predicted octanol–water partition coefficient (Wildman–Crippen LogP) is 4.34. The number of hydrogen-bond acceptors (Lipinski definition) is 2. The highest BCUT2D eigenvalue weighted by Gasteiger charge is 2.44. The molecule has 0 bridgehead atoms. The number of nitrogens with one attached hydrogen (secondary N) is 1. The summed E-state index contributed by atoms with van der Waals surface area (Å²) in [5.74, 6) is 1.33. The molecule has 0 saturated heterocycles. The van der Waals surface area contributed by atoms with Crippen LogP contribution in [0.3, 0.4) is 0 Å². The van der Waals surface area contributed by atoms with Gasteiger partial charge in [-0.15, -0.1) is 0 Å². The van der Waals surface area contributed by atoms with Gasteiger partial charge >= 0.3 is 6.18 Å². The van der Waals surface area contributed by atoms with Crippen LogP contribution in [-0.4, -0.2) is 5.91 Å². The van der Waals surface area contributed by atoms with Crippen molar-refractivity contribution >= 4 is 5.91 Å². The molecule has 1 aliphatic carbocycles. The number of hydrogen-bond donors (Lipinski definition) is 1. The van der Waals surface area contributed by atoms with Gasteiger partial charge in [0.15, 0.2) is 0 Å². The summed E-state index contributed by atoms with van der Waals surface area (Å²) in [5.41, 5.74) is 1.05. The first-order valence-corrected chi connectivity index (χ1v) is 7.76. The minimum Gasteiger partial charge on any atom is -0.466 e. The zero-order chi connectivity index (χ0) is 17.5. The van der Waals surface area contributed by atoms with Crippen LogP contribution in [0.25, 0.3) is 0 Å². The maximum Gasteiger partial charge on any atom is 0.416 e. The van der Waals surface area contributed by atoms with Gasteiger partial charge in [0.2, 0.25) is 5.91 Å². The second kappa shape index (κ2) is 6.00. The lowest BCUT2D eigenvalue weighted by molar-refractivity contribution is -0.137. The van der Waals surface area contributed by atoms with E-state index in [-0.39, 0.29) is 17.7 Å². The highest BCUT2D eigenvalue weighted by Crippen LogP contribution is 2.48. The molecule has 24 heavy (non-hydrogen) atoms. The van der Waals surface area contributed by atoms with Gasteiger partial charge in [0.05, 0.1) is 5.56 Å². The Morgan fingerprint density at radius 3 is 2.46 bits per heavy atom. The van der Waals surface area contributed by atoms with E-state index in [2.05, 4.69) is 5.32 Å². The zero-order valence-electron chi connectivity index (χ0n) is 13.4. The van der Waals surface area contributed by atoms with Gasteiger partial charge in [-0.2, -0.15) is 13.2 Å². The zero-order valence-corrected chi connectivity index (χ0v) is 13.4. The van der Waals surface area contributed by atoms with Gasteiger partial charge in [0, 0.05) is 18.0 Å². The van der Waals surface area contributed by atoms with Gasteiger partial charge in [0.1, 0.15) is 11.5 Å². The van der Waals surface area contributed by atoms with Crippen molar-refractivity contribution in [1.82, 2.24) is 5.32 Å². The molecule has 128 valence electrons. The second-order valence-corrected chi connectivity index (χ2v) is 6.22. The Hall–Kier alpha value is -2.24. The van der Waals surface area contributed by atoms with E-state index >= 15 is 0 Å². The van der Waals surface area contributed by atoms with E-state index in [9.17, 15) is 18.0 Å². The van der Waals surface area contributed by atoms with E-state index in [4.69, 9.17) is 4.42 Å². The van der Waals surface area contributed by atoms with Crippen molar-refractivity contribution in [2.75, 3.05) is 0 Å². The number of carbonyl (C=O) groups is 1. The van der Waals surface area contributed by atoms with Crippen molar-refractivity contribution in [1.29, 1.82) is 0 Å². The Balaban J connectivity index is 1.56. The van der Waals surface area contributed by atoms with Crippen LogP contribution in [0, 0.1) is 19.8 Å². The molecular formula is C18H18F3NO2. The lowest BCUT2D eigenvalue weighted by Gasteiger charge is -2.08. The highest BCUT2D eigenvalue weighted by molar-refractivity contribution is 5.82. The van der Waals surface area contributed by atoms with Crippen molar-refractivity contribution < 1.29 is 22.4 Å². The molecule has 1 aromatic carbocycles. The van der Waals surface area contributed by atoms with Crippen molar-refractivity contribution in [2.45, 2.75) is 38.9 Å². The summed E-state index contributed by atoms with van der Waals surface area (Å²) in [5, 5.41) is 2.87. The number of aryl methyl sites for hydroxylation is 2. The lowest BCUT2D eigenvalue weighted by Crippen LogP contribution is -2.25. The maximum absolute atomic E-state index is 12.6. The third-order valence-electron chi connectivity index (χ3n) is 4.39. The monoisotopic (exact) mass is 337 g/mol. The molecule has 1 amide bonds. The molecule has 2 unspecified atom stereocenters. The molecule has 1 heterocycles. The first kappa shape index (κ1) is 16.6. The summed E-state index contributed by atoms with van der Waals surface area (Å²) < 4.78 is 43.1. The summed E-state index contributed by atoms with van der Waals surface area (Å²) >= 11 is 0. The summed E-state index contributed by atoms with van der Waals surface area (Å²) in [4.78, 5) is 12.2. The van der Waals surface area contributed by atoms with Gasteiger partial charge in [-0.05, 0) is 49.9 Å². The average Bonchev–Trinajstić information content (AvgIpc) is 3.24. The van der Waals surface area contributed by atoms with Crippen LogP contribution in [0.5, 0.6) is 0 Å². The Morgan fingerprint density at radius 2 is 1.92 bits per heavy atom. The molecule has 6 heteroatoms. The van der Waals surface area contributed by atoms with Crippen LogP contribution in [0.4, 0.5) is 13.2 Å². The first-order chi connectivity index (χ1) is 11.3. The molecule has 0 radical (unpaired) electrons. The predicted molar refractivity (Wildman–Crippen MR) is 82.3 cm³/mol. The topological polar surface area (TPSA) is 42.2 Å². The number of benzene rings is 1. The van der Waals surface area contributed by atoms with Crippen LogP contribution >= 0.6 is 0 Å². The molecule has 0 aliphatic heterocycles. The molecule has 3 rings (SSSR count). The van der Waals surface area contributed by atoms with Crippen molar-refractivity contribution in [3.63, 3.8) is 0 Å². The van der Waals surface area contributed by atoms with E-state index in [1.165, 1.54) is 12.1 Å². The van der Waals surface area contributed by atoms with Crippen LogP contribution in [0.15, 0.2) is 34.7 Å². The van der Waals surface area contributed by atoms with Crippen LogP contribution < -0.4 is 5.32 Å².